The predicted molar refractivity (Wildman–Crippen MR) is 174 cm³/mol. The fraction of sp³-hybridized carbons (Fsp3) is 0.462. The Labute approximate surface area is 262 Å². The van der Waals surface area contributed by atoms with Crippen molar-refractivity contribution in [3.63, 3.8) is 0 Å². The highest BCUT2D eigenvalue weighted by Gasteiger charge is 2.73. The summed E-state index contributed by atoms with van der Waals surface area (Å²) < 4.78 is 6.90. The number of amides is 1. The number of likely N-dealkylation sites (tertiary alicyclic amines) is 1. The minimum Gasteiger partial charge on any atom is -0.487 e. The van der Waals surface area contributed by atoms with E-state index in [0.29, 0.717) is 19.4 Å². The molecule has 2 aliphatic carbocycles. The number of nitrogens with zero attached hydrogens (tertiary/aromatic N) is 2. The molecule has 228 valence electrons. The number of piperidine rings is 1. The Morgan fingerprint density at radius 2 is 1.89 bits per heavy atom. The summed E-state index contributed by atoms with van der Waals surface area (Å²) in [5.41, 5.74) is 5.61. The number of aliphatic hydroxyl groups is 1. The van der Waals surface area contributed by atoms with Crippen LogP contribution in [0.25, 0.3) is 0 Å². The first-order chi connectivity index (χ1) is 21.2. The number of benzene rings is 3. The third-order valence-corrected chi connectivity index (χ3v) is 11.0. The zero-order chi connectivity index (χ0) is 30.6. The Balaban J connectivity index is 1.23. The summed E-state index contributed by atoms with van der Waals surface area (Å²) in [6, 6.07) is 23.0. The van der Waals surface area contributed by atoms with Crippen LogP contribution in [0.4, 0.5) is 0 Å². The van der Waals surface area contributed by atoms with Crippen molar-refractivity contribution >= 4 is 5.91 Å². The van der Waals surface area contributed by atoms with Crippen LogP contribution in [0.2, 0.25) is 0 Å². The highest BCUT2D eigenvalue weighted by molar-refractivity contribution is 5.94. The molecule has 0 aromatic heterocycles. The number of hydrogen-bond donors (Lipinski definition) is 1. The fourth-order valence-electron chi connectivity index (χ4n) is 8.86. The van der Waals surface area contributed by atoms with Crippen molar-refractivity contribution < 1.29 is 14.6 Å². The number of hydrogen-bond acceptors (Lipinski definition) is 4. The Morgan fingerprint density at radius 3 is 2.66 bits per heavy atom. The van der Waals surface area contributed by atoms with Gasteiger partial charge in [0.15, 0.2) is 0 Å². The summed E-state index contributed by atoms with van der Waals surface area (Å²) in [7, 11) is 0. The SMILES string of the molecule is Cc1ccc(C#CC(=O)N(CC(C)C)[C@H]2CC[C@@]3(O)[C@H]4Cc5cccc6c5[C@@]3(CCN4CCc3ccccc3)[C@H]2O6)cc1C. The molecule has 1 amide bonds. The van der Waals surface area contributed by atoms with E-state index in [9.17, 15) is 9.90 Å². The second-order valence-electron chi connectivity index (χ2n) is 14.0. The van der Waals surface area contributed by atoms with Gasteiger partial charge in [0.05, 0.1) is 17.1 Å². The van der Waals surface area contributed by atoms with E-state index in [2.05, 4.69) is 99.0 Å². The summed E-state index contributed by atoms with van der Waals surface area (Å²) in [6.45, 7) is 10.9. The average molecular weight is 589 g/mol. The standard InChI is InChI=1S/C39H44N2O3/c1-26(2)25-41(35(42)16-15-30-14-13-27(3)28(4)23-30)32-17-19-39(43)34-24-31-11-8-12-33-36(31)38(39,37(32)44-33)20-22-40(34)21-18-29-9-6-5-7-10-29/h5-14,23,26,32,34,37,43H,17-22,24-25H2,1-4H3/t32-,34+,37-,38-,39+/m0/s1. The largest absolute Gasteiger partial charge is 0.487 e. The van der Waals surface area contributed by atoms with Gasteiger partial charge in [0.1, 0.15) is 11.9 Å². The van der Waals surface area contributed by atoms with Crippen molar-refractivity contribution in [2.24, 2.45) is 5.92 Å². The Kier molecular flexibility index (Phi) is 7.34. The molecule has 5 atom stereocenters. The molecule has 3 aromatic carbocycles. The topological polar surface area (TPSA) is 53.0 Å². The van der Waals surface area contributed by atoms with Crippen LogP contribution >= 0.6 is 0 Å². The van der Waals surface area contributed by atoms with Gasteiger partial charge in [0.25, 0.3) is 5.91 Å². The van der Waals surface area contributed by atoms with Crippen molar-refractivity contribution in [1.29, 1.82) is 0 Å². The molecule has 2 aliphatic heterocycles. The summed E-state index contributed by atoms with van der Waals surface area (Å²) in [5, 5.41) is 12.9. The van der Waals surface area contributed by atoms with Gasteiger partial charge in [0.2, 0.25) is 0 Å². The lowest BCUT2D eigenvalue weighted by molar-refractivity contribution is -0.200. The molecule has 7 rings (SSSR count). The first-order valence-electron chi connectivity index (χ1n) is 16.4. The van der Waals surface area contributed by atoms with Gasteiger partial charge in [0, 0.05) is 36.2 Å². The predicted octanol–water partition coefficient (Wildman–Crippen LogP) is 5.61. The average Bonchev–Trinajstić information content (AvgIpc) is 3.35. The smallest absolute Gasteiger partial charge is 0.299 e. The van der Waals surface area contributed by atoms with Crippen LogP contribution in [0, 0.1) is 31.6 Å². The normalized spacial score (nSPS) is 28.1. The molecule has 3 aromatic rings. The molecule has 1 saturated carbocycles. The van der Waals surface area contributed by atoms with E-state index in [-0.39, 0.29) is 30.0 Å². The first-order valence-corrected chi connectivity index (χ1v) is 16.4. The summed E-state index contributed by atoms with van der Waals surface area (Å²) in [5.74, 6) is 7.17. The lowest BCUT2D eigenvalue weighted by atomic mass is 9.48. The van der Waals surface area contributed by atoms with Crippen molar-refractivity contribution in [2.45, 2.75) is 89.0 Å². The van der Waals surface area contributed by atoms with E-state index >= 15 is 0 Å². The molecule has 0 radical (unpaired) electrons. The number of carbonyl (C=O) groups is 1. The van der Waals surface area contributed by atoms with Gasteiger partial charge in [-0.25, -0.2) is 0 Å². The molecule has 2 bridgehead atoms. The molecule has 5 heteroatoms. The number of aryl methyl sites for hydroxylation is 2. The van der Waals surface area contributed by atoms with E-state index in [0.717, 1.165) is 43.7 Å². The monoisotopic (exact) mass is 588 g/mol. The second-order valence-corrected chi connectivity index (χ2v) is 14.0. The van der Waals surface area contributed by atoms with Crippen LogP contribution in [0.1, 0.15) is 66.5 Å². The molecular weight excluding hydrogens is 544 g/mol. The lowest BCUT2D eigenvalue weighted by Gasteiger charge is -2.64. The molecular formula is C39H44N2O3. The third kappa shape index (κ3) is 4.57. The van der Waals surface area contributed by atoms with E-state index in [1.807, 2.05) is 17.0 Å². The first kappa shape index (κ1) is 29.1. The van der Waals surface area contributed by atoms with Crippen molar-refractivity contribution in [3.8, 4) is 17.6 Å². The molecule has 2 heterocycles. The molecule has 2 fully saturated rings. The highest BCUT2D eigenvalue weighted by atomic mass is 16.5. The zero-order valence-electron chi connectivity index (χ0n) is 26.5. The van der Waals surface area contributed by atoms with Crippen LogP contribution < -0.4 is 4.74 Å². The Bertz CT molecular complexity index is 1640. The van der Waals surface area contributed by atoms with Crippen LogP contribution in [0.5, 0.6) is 5.75 Å². The van der Waals surface area contributed by atoms with E-state index in [1.165, 1.54) is 27.8 Å². The van der Waals surface area contributed by atoms with Gasteiger partial charge in [-0.1, -0.05) is 68.3 Å². The van der Waals surface area contributed by atoms with E-state index in [4.69, 9.17) is 4.74 Å². The molecule has 0 unspecified atom stereocenters. The van der Waals surface area contributed by atoms with Gasteiger partial charge in [-0.15, -0.1) is 0 Å². The maximum atomic E-state index is 14.0. The van der Waals surface area contributed by atoms with Crippen LogP contribution in [-0.4, -0.2) is 64.2 Å². The molecule has 4 aliphatic rings. The fourth-order valence-corrected chi connectivity index (χ4v) is 8.86. The second kappa shape index (κ2) is 11.1. The minimum atomic E-state index is -0.916. The summed E-state index contributed by atoms with van der Waals surface area (Å²) in [6.07, 6.45) is 3.64. The van der Waals surface area contributed by atoms with Crippen LogP contribution in [0.15, 0.2) is 66.7 Å². The summed E-state index contributed by atoms with van der Waals surface area (Å²) in [4.78, 5) is 18.5. The minimum absolute atomic E-state index is 0.0201. The molecule has 1 saturated heterocycles. The van der Waals surface area contributed by atoms with E-state index < -0.39 is 11.0 Å². The van der Waals surface area contributed by atoms with Gasteiger partial charge < -0.3 is 14.7 Å². The summed E-state index contributed by atoms with van der Waals surface area (Å²) >= 11 is 0. The van der Waals surface area contributed by atoms with E-state index in [1.54, 1.807) is 0 Å². The van der Waals surface area contributed by atoms with Crippen LogP contribution in [0.3, 0.4) is 0 Å². The van der Waals surface area contributed by atoms with Crippen molar-refractivity contribution in [1.82, 2.24) is 9.80 Å². The molecule has 44 heavy (non-hydrogen) atoms. The zero-order valence-corrected chi connectivity index (χ0v) is 26.5. The lowest BCUT2D eigenvalue weighted by Crippen LogP contribution is -2.78. The number of carbonyl (C=O) groups excluding carboxylic acids is 1. The number of rotatable bonds is 6. The highest BCUT2D eigenvalue weighted by Crippen LogP contribution is 2.64. The maximum Gasteiger partial charge on any atom is 0.299 e. The van der Waals surface area contributed by atoms with Gasteiger partial charge in [-0.2, -0.15) is 0 Å². The maximum absolute atomic E-state index is 14.0. The van der Waals surface area contributed by atoms with Crippen LogP contribution in [-0.2, 0) is 23.1 Å². The third-order valence-electron chi connectivity index (χ3n) is 11.0. The number of ether oxygens (including phenoxy) is 1. The molecule has 1 spiro atoms. The van der Waals surface area contributed by atoms with Gasteiger partial charge >= 0.3 is 0 Å². The van der Waals surface area contributed by atoms with Gasteiger partial charge in [-0.3, -0.25) is 9.69 Å². The Hall–Kier alpha value is -3.59. The Morgan fingerprint density at radius 1 is 1.07 bits per heavy atom. The van der Waals surface area contributed by atoms with Crippen molar-refractivity contribution in [3.05, 3.63) is 100 Å². The van der Waals surface area contributed by atoms with Gasteiger partial charge in [-0.05, 0) is 98.9 Å². The quantitative estimate of drug-likeness (QED) is 0.381. The molecule has 1 N–H and O–H groups in total. The molecule has 5 nitrogen and oxygen atoms in total. The van der Waals surface area contributed by atoms with Crippen molar-refractivity contribution in [2.75, 3.05) is 19.6 Å².